The normalized spacial score (nSPS) is 11.5. The molecule has 0 saturated heterocycles. The van der Waals surface area contributed by atoms with Crippen molar-refractivity contribution in [3.63, 3.8) is 0 Å². The number of nitrogens with zero attached hydrogens (tertiary/aromatic N) is 1. The number of nitro benzene ring substituents is 1. The SMILES string of the molecule is COc1ccc2[nH]cc(CCNc3ccc(S(C)(=O)=O)cc3[N+](=O)[O-])c2c1. The van der Waals surface area contributed by atoms with Gasteiger partial charge in [0.2, 0.25) is 0 Å². The van der Waals surface area contributed by atoms with Crippen LogP contribution in [0.1, 0.15) is 5.56 Å². The van der Waals surface area contributed by atoms with Gasteiger partial charge in [-0.1, -0.05) is 0 Å². The summed E-state index contributed by atoms with van der Waals surface area (Å²) in [4.78, 5) is 13.8. The maximum atomic E-state index is 11.6. The van der Waals surface area contributed by atoms with Gasteiger partial charge in [0.25, 0.3) is 5.69 Å². The van der Waals surface area contributed by atoms with Crippen molar-refractivity contribution in [2.24, 2.45) is 0 Å². The Morgan fingerprint density at radius 2 is 2.00 bits per heavy atom. The first-order valence-corrected chi connectivity index (χ1v) is 10.0. The lowest BCUT2D eigenvalue weighted by Crippen LogP contribution is -2.08. The van der Waals surface area contributed by atoms with Crippen LogP contribution in [0.2, 0.25) is 0 Å². The van der Waals surface area contributed by atoms with Gasteiger partial charge in [-0.25, -0.2) is 8.42 Å². The minimum Gasteiger partial charge on any atom is -0.497 e. The lowest BCUT2D eigenvalue weighted by Gasteiger charge is -2.08. The highest BCUT2D eigenvalue weighted by atomic mass is 32.2. The van der Waals surface area contributed by atoms with Crippen LogP contribution in [0, 0.1) is 10.1 Å². The molecule has 3 rings (SSSR count). The van der Waals surface area contributed by atoms with Gasteiger partial charge >= 0.3 is 0 Å². The molecule has 1 heterocycles. The number of aromatic nitrogens is 1. The van der Waals surface area contributed by atoms with Crippen molar-refractivity contribution < 1.29 is 18.1 Å². The lowest BCUT2D eigenvalue weighted by molar-refractivity contribution is -0.384. The largest absolute Gasteiger partial charge is 0.497 e. The minimum atomic E-state index is -3.51. The standard InChI is InChI=1S/C18H19N3O5S/c1-26-13-3-5-16-15(9-13)12(11-20-16)7-8-19-17-6-4-14(27(2,24)25)10-18(17)21(22)23/h3-6,9-11,19-20H,7-8H2,1-2H3. The fourth-order valence-electron chi connectivity index (χ4n) is 2.87. The van der Waals surface area contributed by atoms with Crippen LogP contribution in [0.15, 0.2) is 47.5 Å². The molecule has 2 N–H and O–H groups in total. The third kappa shape index (κ3) is 4.03. The Kier molecular flexibility index (Phi) is 5.04. The summed E-state index contributed by atoms with van der Waals surface area (Å²) in [6.45, 7) is 0.448. The minimum absolute atomic E-state index is 0.0801. The molecular weight excluding hydrogens is 370 g/mol. The van der Waals surface area contributed by atoms with Crippen LogP contribution in [-0.4, -0.2) is 38.2 Å². The summed E-state index contributed by atoms with van der Waals surface area (Å²) in [5, 5.41) is 15.3. The van der Waals surface area contributed by atoms with E-state index < -0.39 is 14.8 Å². The van der Waals surface area contributed by atoms with E-state index in [0.29, 0.717) is 13.0 Å². The van der Waals surface area contributed by atoms with Crippen molar-refractivity contribution in [2.75, 3.05) is 25.2 Å². The zero-order valence-corrected chi connectivity index (χ0v) is 15.7. The highest BCUT2D eigenvalue weighted by molar-refractivity contribution is 7.90. The van der Waals surface area contributed by atoms with Crippen molar-refractivity contribution in [3.05, 3.63) is 58.3 Å². The van der Waals surface area contributed by atoms with E-state index in [9.17, 15) is 18.5 Å². The Labute approximate surface area is 156 Å². The van der Waals surface area contributed by atoms with Gasteiger partial charge in [-0.05, 0) is 42.3 Å². The number of methoxy groups -OCH3 is 1. The maximum absolute atomic E-state index is 11.6. The summed E-state index contributed by atoms with van der Waals surface area (Å²) in [5.74, 6) is 0.753. The van der Waals surface area contributed by atoms with E-state index in [1.54, 1.807) is 7.11 Å². The summed E-state index contributed by atoms with van der Waals surface area (Å²) in [5.41, 5.74) is 2.05. The molecule has 1 aromatic heterocycles. The molecule has 3 aromatic rings. The van der Waals surface area contributed by atoms with E-state index in [-0.39, 0.29) is 16.3 Å². The number of H-pyrrole nitrogens is 1. The highest BCUT2D eigenvalue weighted by Gasteiger charge is 2.18. The van der Waals surface area contributed by atoms with E-state index in [0.717, 1.165) is 34.5 Å². The number of benzene rings is 2. The van der Waals surface area contributed by atoms with Crippen LogP contribution >= 0.6 is 0 Å². The molecule has 0 unspecified atom stereocenters. The van der Waals surface area contributed by atoms with E-state index in [1.807, 2.05) is 24.4 Å². The van der Waals surface area contributed by atoms with Gasteiger partial charge in [-0.15, -0.1) is 0 Å². The summed E-state index contributed by atoms with van der Waals surface area (Å²) in [6.07, 6.45) is 3.54. The molecule has 0 aliphatic rings. The Morgan fingerprint density at radius 1 is 1.22 bits per heavy atom. The van der Waals surface area contributed by atoms with E-state index >= 15 is 0 Å². The number of rotatable bonds is 7. The molecule has 0 saturated carbocycles. The summed E-state index contributed by atoms with van der Waals surface area (Å²) >= 11 is 0. The first-order chi connectivity index (χ1) is 12.8. The van der Waals surface area contributed by atoms with E-state index in [1.165, 1.54) is 12.1 Å². The van der Waals surface area contributed by atoms with Crippen molar-refractivity contribution >= 4 is 32.1 Å². The molecule has 0 aliphatic heterocycles. The molecule has 0 aliphatic carbocycles. The van der Waals surface area contributed by atoms with Gasteiger partial charge in [-0.2, -0.15) is 0 Å². The van der Waals surface area contributed by atoms with Gasteiger partial charge < -0.3 is 15.0 Å². The van der Waals surface area contributed by atoms with Gasteiger partial charge in [0.1, 0.15) is 11.4 Å². The molecule has 0 atom stereocenters. The molecule has 2 aromatic carbocycles. The van der Waals surface area contributed by atoms with Crippen molar-refractivity contribution in [1.82, 2.24) is 4.98 Å². The average molecular weight is 389 g/mol. The van der Waals surface area contributed by atoms with Crippen molar-refractivity contribution in [1.29, 1.82) is 0 Å². The number of nitrogens with one attached hydrogen (secondary N) is 2. The summed E-state index contributed by atoms with van der Waals surface area (Å²) in [7, 11) is -1.91. The number of hydrogen-bond acceptors (Lipinski definition) is 6. The quantitative estimate of drug-likeness (QED) is 0.474. The predicted molar refractivity (Wildman–Crippen MR) is 103 cm³/mol. The van der Waals surface area contributed by atoms with Crippen molar-refractivity contribution in [2.45, 2.75) is 11.3 Å². The monoisotopic (exact) mass is 389 g/mol. The van der Waals surface area contributed by atoms with Gasteiger partial charge in [0.05, 0.1) is 16.9 Å². The second-order valence-corrected chi connectivity index (χ2v) is 8.13. The molecule has 142 valence electrons. The van der Waals surface area contributed by atoms with Crippen LogP contribution < -0.4 is 10.1 Å². The van der Waals surface area contributed by atoms with E-state index in [2.05, 4.69) is 10.3 Å². The smallest absolute Gasteiger partial charge is 0.293 e. The number of sulfone groups is 1. The number of hydrogen-bond donors (Lipinski definition) is 2. The van der Waals surface area contributed by atoms with Gasteiger partial charge in [0.15, 0.2) is 9.84 Å². The topological polar surface area (TPSA) is 114 Å². The van der Waals surface area contributed by atoms with Crippen LogP contribution in [0.3, 0.4) is 0 Å². The summed E-state index contributed by atoms with van der Waals surface area (Å²) in [6, 6.07) is 9.60. The first kappa shape index (κ1) is 18.7. The molecule has 27 heavy (non-hydrogen) atoms. The predicted octanol–water partition coefficient (Wildman–Crippen LogP) is 3.14. The first-order valence-electron chi connectivity index (χ1n) is 8.16. The van der Waals surface area contributed by atoms with E-state index in [4.69, 9.17) is 4.74 Å². The average Bonchev–Trinajstić information content (AvgIpc) is 3.03. The van der Waals surface area contributed by atoms with Crippen LogP contribution in [0.5, 0.6) is 5.75 Å². The molecule has 0 bridgehead atoms. The molecule has 9 heteroatoms. The third-order valence-corrected chi connectivity index (χ3v) is 5.39. The molecule has 8 nitrogen and oxygen atoms in total. The summed E-state index contributed by atoms with van der Waals surface area (Å²) < 4.78 is 28.5. The second kappa shape index (κ2) is 7.28. The Morgan fingerprint density at radius 3 is 2.67 bits per heavy atom. The Bertz CT molecular complexity index is 1110. The van der Waals surface area contributed by atoms with Crippen LogP contribution in [-0.2, 0) is 16.3 Å². The maximum Gasteiger partial charge on any atom is 0.293 e. The Balaban J connectivity index is 1.78. The molecule has 0 radical (unpaired) electrons. The molecule has 0 amide bonds. The third-order valence-electron chi connectivity index (χ3n) is 4.28. The number of nitro groups is 1. The van der Waals surface area contributed by atoms with Gasteiger partial charge in [0, 0.05) is 36.0 Å². The number of ether oxygens (including phenoxy) is 1. The Hall–Kier alpha value is -3.07. The molecule has 0 spiro atoms. The molecular formula is C18H19N3O5S. The second-order valence-electron chi connectivity index (χ2n) is 6.11. The fraction of sp³-hybridized carbons (Fsp3) is 0.222. The van der Waals surface area contributed by atoms with Crippen LogP contribution in [0.4, 0.5) is 11.4 Å². The van der Waals surface area contributed by atoms with Gasteiger partial charge in [-0.3, -0.25) is 10.1 Å². The fourth-order valence-corrected chi connectivity index (χ4v) is 3.51. The number of fused-ring (bicyclic) bond motifs is 1. The van der Waals surface area contributed by atoms with Crippen molar-refractivity contribution in [3.8, 4) is 5.75 Å². The lowest BCUT2D eigenvalue weighted by atomic mass is 10.1. The molecule has 0 fully saturated rings. The zero-order chi connectivity index (χ0) is 19.6. The highest BCUT2D eigenvalue weighted by Crippen LogP contribution is 2.28. The number of aromatic amines is 1. The van der Waals surface area contributed by atoms with Crippen LogP contribution in [0.25, 0.3) is 10.9 Å². The zero-order valence-electron chi connectivity index (χ0n) is 14.9. The number of anilines is 1.